The molecule has 0 aliphatic carbocycles. The summed E-state index contributed by atoms with van der Waals surface area (Å²) in [7, 11) is 1.55. The molecule has 0 spiro atoms. The number of allylic oxidation sites excluding steroid dienone is 1. The van der Waals surface area contributed by atoms with Crippen LogP contribution in [0.3, 0.4) is 0 Å². The van der Waals surface area contributed by atoms with Crippen LogP contribution in [-0.2, 0) is 9.05 Å². The van der Waals surface area contributed by atoms with Crippen LogP contribution in [0, 0.1) is 0 Å². The zero-order valence-electron chi connectivity index (χ0n) is 9.93. The maximum Gasteiger partial charge on any atom is 0.261 e. The minimum absolute atomic E-state index is 0.0765. The number of hydrogen-bond acceptors (Lipinski definition) is 3. The predicted octanol–water partition coefficient (Wildman–Crippen LogP) is 3.50. The summed E-state index contributed by atoms with van der Waals surface area (Å²) in [6.07, 6.45) is 4.76. The van der Waals surface area contributed by atoms with E-state index in [0.29, 0.717) is 12.4 Å². The maximum atomic E-state index is 11.0. The Balaban J connectivity index is 2.38. The van der Waals surface area contributed by atoms with Crippen molar-refractivity contribution in [2.75, 3.05) is 6.61 Å². The van der Waals surface area contributed by atoms with Crippen molar-refractivity contribution in [3.8, 4) is 5.75 Å². The number of ether oxygens (including phenoxy) is 1. The van der Waals surface area contributed by atoms with Gasteiger partial charge in [0.2, 0.25) is 0 Å². The fraction of sp³-hybridized carbons (Fsp3) is 0.308. The molecule has 0 heterocycles. The molecule has 98 valence electrons. The highest BCUT2D eigenvalue weighted by Crippen LogP contribution is 2.19. The molecule has 0 aliphatic rings. The van der Waals surface area contributed by atoms with Gasteiger partial charge in [0.05, 0.1) is 11.5 Å². The highest BCUT2D eigenvalue weighted by atomic mass is 35.7. The molecule has 3 nitrogen and oxygen atoms in total. The second-order valence-electron chi connectivity index (χ2n) is 3.66. The molecule has 1 rings (SSSR count). The molecular weight excluding hydrogens is 272 g/mol. The van der Waals surface area contributed by atoms with E-state index in [9.17, 15) is 8.42 Å². The second kappa shape index (κ2) is 7.27. The van der Waals surface area contributed by atoms with Crippen LogP contribution in [0.5, 0.6) is 5.75 Å². The van der Waals surface area contributed by atoms with Crippen molar-refractivity contribution in [2.24, 2.45) is 0 Å². The highest BCUT2D eigenvalue weighted by molar-refractivity contribution is 8.13. The summed E-state index contributed by atoms with van der Waals surface area (Å²) in [5.41, 5.74) is 2.71. The highest BCUT2D eigenvalue weighted by Gasteiger charge is 2.08. The molecule has 18 heavy (non-hydrogen) atoms. The number of benzene rings is 1. The molecule has 0 aliphatic heterocycles. The van der Waals surface area contributed by atoms with Crippen LogP contribution in [-0.4, -0.2) is 15.0 Å². The van der Waals surface area contributed by atoms with Crippen LogP contribution >= 0.6 is 10.7 Å². The van der Waals surface area contributed by atoms with Crippen molar-refractivity contribution in [3.63, 3.8) is 0 Å². The number of rotatable bonds is 7. The molecule has 0 N–H and O–H groups in total. The van der Waals surface area contributed by atoms with E-state index in [4.69, 9.17) is 15.4 Å². The third-order valence-corrected chi connectivity index (χ3v) is 3.63. The monoisotopic (exact) mass is 286 g/mol. The molecule has 0 unspecified atom stereocenters. The average molecular weight is 287 g/mol. The van der Waals surface area contributed by atoms with E-state index in [-0.39, 0.29) is 4.90 Å². The van der Waals surface area contributed by atoms with Gasteiger partial charge >= 0.3 is 0 Å². The van der Waals surface area contributed by atoms with Crippen LogP contribution in [0.1, 0.15) is 19.3 Å². The number of halogens is 1. The zero-order chi connectivity index (χ0) is 13.4. The standard InChI is InChI=1S/C13H15ClO3S/c1-2-3-4-5-6-11-17-12-7-9-13(10-8-12)18(14,15)16/h3,7-10H,1,4-6,11H2. The van der Waals surface area contributed by atoms with Gasteiger partial charge in [-0.1, -0.05) is 6.58 Å². The Labute approximate surface area is 112 Å². The lowest BCUT2D eigenvalue weighted by atomic mass is 10.2. The van der Waals surface area contributed by atoms with Gasteiger partial charge in [-0.3, -0.25) is 0 Å². The van der Waals surface area contributed by atoms with Gasteiger partial charge in [0.15, 0.2) is 0 Å². The summed E-state index contributed by atoms with van der Waals surface area (Å²) in [5.74, 6) is 0.637. The summed E-state index contributed by atoms with van der Waals surface area (Å²) in [5, 5.41) is 0. The Bertz CT molecular complexity index is 514. The van der Waals surface area contributed by atoms with E-state index in [1.165, 1.54) is 12.1 Å². The van der Waals surface area contributed by atoms with Gasteiger partial charge in [-0.05, 0) is 49.6 Å². The summed E-state index contributed by atoms with van der Waals surface area (Å²) < 4.78 is 27.5. The van der Waals surface area contributed by atoms with E-state index in [2.05, 4.69) is 12.3 Å². The Morgan fingerprint density at radius 2 is 1.94 bits per heavy atom. The SMILES string of the molecule is C=C=CCCCCOc1ccc(S(=O)(=O)Cl)cc1. The lowest BCUT2D eigenvalue weighted by Gasteiger charge is -2.05. The maximum absolute atomic E-state index is 11.0. The Hall–Kier alpha value is -1.22. The Kier molecular flexibility index (Phi) is 5.99. The molecule has 0 bridgehead atoms. The van der Waals surface area contributed by atoms with Crippen LogP contribution in [0.4, 0.5) is 0 Å². The van der Waals surface area contributed by atoms with Crippen molar-refractivity contribution in [1.29, 1.82) is 0 Å². The van der Waals surface area contributed by atoms with Crippen LogP contribution in [0.25, 0.3) is 0 Å². The first-order valence-electron chi connectivity index (χ1n) is 5.56. The molecule has 0 radical (unpaired) electrons. The fourth-order valence-corrected chi connectivity index (χ4v) is 2.11. The van der Waals surface area contributed by atoms with Gasteiger partial charge in [0.1, 0.15) is 5.75 Å². The van der Waals surface area contributed by atoms with E-state index in [0.717, 1.165) is 19.3 Å². The van der Waals surface area contributed by atoms with E-state index < -0.39 is 9.05 Å². The number of unbranched alkanes of at least 4 members (excludes halogenated alkanes) is 2. The van der Waals surface area contributed by atoms with Gasteiger partial charge < -0.3 is 4.74 Å². The van der Waals surface area contributed by atoms with Gasteiger partial charge in [-0.15, -0.1) is 5.73 Å². The second-order valence-corrected chi connectivity index (χ2v) is 6.23. The quantitative estimate of drug-likeness (QED) is 0.438. The summed E-state index contributed by atoms with van der Waals surface area (Å²) in [6.45, 7) is 4.08. The van der Waals surface area contributed by atoms with Gasteiger partial charge in [-0.25, -0.2) is 8.42 Å². The van der Waals surface area contributed by atoms with Crippen molar-refractivity contribution in [3.05, 3.63) is 42.7 Å². The van der Waals surface area contributed by atoms with Crippen molar-refractivity contribution in [2.45, 2.75) is 24.2 Å². The summed E-state index contributed by atoms with van der Waals surface area (Å²) >= 11 is 0. The molecule has 0 amide bonds. The normalized spacial score (nSPS) is 10.7. The van der Waals surface area contributed by atoms with Crippen molar-refractivity contribution >= 4 is 19.7 Å². The molecule has 5 heteroatoms. The zero-order valence-corrected chi connectivity index (χ0v) is 11.5. The lowest BCUT2D eigenvalue weighted by Crippen LogP contribution is -1.97. The lowest BCUT2D eigenvalue weighted by molar-refractivity contribution is 0.307. The first kappa shape index (κ1) is 14.8. The molecule has 1 aromatic carbocycles. The van der Waals surface area contributed by atoms with Crippen molar-refractivity contribution in [1.82, 2.24) is 0 Å². The largest absolute Gasteiger partial charge is 0.494 e. The molecule has 0 saturated carbocycles. The first-order valence-corrected chi connectivity index (χ1v) is 7.87. The molecule has 0 saturated heterocycles. The number of hydrogen-bond donors (Lipinski definition) is 0. The molecule has 1 aromatic rings. The summed E-state index contributed by atoms with van der Waals surface area (Å²) in [6, 6.07) is 6.05. The summed E-state index contributed by atoms with van der Waals surface area (Å²) in [4.78, 5) is 0.0765. The molecule has 0 aromatic heterocycles. The van der Waals surface area contributed by atoms with Crippen LogP contribution in [0.2, 0.25) is 0 Å². The van der Waals surface area contributed by atoms with Crippen LogP contribution in [0.15, 0.2) is 47.5 Å². The third kappa shape index (κ3) is 5.41. The topological polar surface area (TPSA) is 43.4 Å². The van der Waals surface area contributed by atoms with E-state index in [1.807, 2.05) is 6.08 Å². The third-order valence-electron chi connectivity index (χ3n) is 2.26. The smallest absolute Gasteiger partial charge is 0.261 e. The molecule has 0 atom stereocenters. The Morgan fingerprint density at radius 3 is 2.50 bits per heavy atom. The molecule has 0 fully saturated rings. The van der Waals surface area contributed by atoms with Crippen LogP contribution < -0.4 is 4.74 Å². The van der Waals surface area contributed by atoms with E-state index >= 15 is 0 Å². The van der Waals surface area contributed by atoms with Gasteiger partial charge in [0.25, 0.3) is 9.05 Å². The Morgan fingerprint density at radius 1 is 1.28 bits per heavy atom. The van der Waals surface area contributed by atoms with Crippen molar-refractivity contribution < 1.29 is 13.2 Å². The minimum atomic E-state index is -3.66. The minimum Gasteiger partial charge on any atom is -0.494 e. The average Bonchev–Trinajstić information content (AvgIpc) is 2.33. The molecular formula is C13H15ClO3S. The first-order chi connectivity index (χ1) is 8.54. The van der Waals surface area contributed by atoms with Gasteiger partial charge in [0, 0.05) is 10.7 Å². The van der Waals surface area contributed by atoms with Gasteiger partial charge in [-0.2, -0.15) is 0 Å². The predicted molar refractivity (Wildman–Crippen MR) is 72.5 cm³/mol. The fourth-order valence-electron chi connectivity index (χ4n) is 1.34. The van der Waals surface area contributed by atoms with E-state index in [1.54, 1.807) is 12.1 Å².